The predicted molar refractivity (Wildman–Crippen MR) is 54.1 cm³/mol. The standard InChI is InChI=1S/C11H16N2O/c1-8(2)11(14)10-5-6-12-13(10)7-9-3-4-9/h5-6,8-9H,3-4,7H2,1-2H3. The van der Waals surface area contributed by atoms with Gasteiger partial charge in [-0.1, -0.05) is 13.8 Å². The lowest BCUT2D eigenvalue weighted by molar-refractivity contribution is 0.0928. The molecule has 1 heterocycles. The summed E-state index contributed by atoms with van der Waals surface area (Å²) in [5, 5.41) is 4.20. The average molecular weight is 192 g/mol. The maximum atomic E-state index is 11.8. The van der Waals surface area contributed by atoms with E-state index in [-0.39, 0.29) is 11.7 Å². The molecule has 0 bridgehead atoms. The van der Waals surface area contributed by atoms with Crippen LogP contribution in [0.15, 0.2) is 12.3 Å². The summed E-state index contributed by atoms with van der Waals surface area (Å²) < 4.78 is 1.86. The van der Waals surface area contributed by atoms with Gasteiger partial charge >= 0.3 is 0 Å². The number of rotatable bonds is 4. The number of aromatic nitrogens is 2. The predicted octanol–water partition coefficient (Wildman–Crippen LogP) is 2.13. The van der Waals surface area contributed by atoms with E-state index in [4.69, 9.17) is 0 Å². The molecule has 1 aliphatic carbocycles. The van der Waals surface area contributed by atoms with Crippen molar-refractivity contribution < 1.29 is 4.79 Å². The first-order valence-electron chi connectivity index (χ1n) is 5.24. The van der Waals surface area contributed by atoms with Crippen LogP contribution in [-0.2, 0) is 6.54 Å². The molecule has 1 aromatic heterocycles. The van der Waals surface area contributed by atoms with Gasteiger partial charge < -0.3 is 0 Å². The van der Waals surface area contributed by atoms with Crippen molar-refractivity contribution >= 4 is 5.78 Å². The molecular formula is C11H16N2O. The van der Waals surface area contributed by atoms with E-state index in [1.165, 1.54) is 12.8 Å². The molecule has 0 saturated heterocycles. The highest BCUT2D eigenvalue weighted by Gasteiger charge is 2.24. The third-order valence-corrected chi connectivity index (χ3v) is 2.62. The Balaban J connectivity index is 2.15. The van der Waals surface area contributed by atoms with Crippen molar-refractivity contribution in [2.75, 3.05) is 0 Å². The minimum absolute atomic E-state index is 0.0599. The maximum absolute atomic E-state index is 11.8. The molecule has 3 heteroatoms. The molecule has 14 heavy (non-hydrogen) atoms. The summed E-state index contributed by atoms with van der Waals surface area (Å²) in [5.41, 5.74) is 0.770. The minimum Gasteiger partial charge on any atom is -0.292 e. The van der Waals surface area contributed by atoms with Crippen molar-refractivity contribution in [1.82, 2.24) is 9.78 Å². The van der Waals surface area contributed by atoms with Crippen LogP contribution in [0.3, 0.4) is 0 Å². The van der Waals surface area contributed by atoms with Crippen LogP contribution in [-0.4, -0.2) is 15.6 Å². The van der Waals surface area contributed by atoms with E-state index in [9.17, 15) is 4.79 Å². The molecule has 3 nitrogen and oxygen atoms in total. The fraction of sp³-hybridized carbons (Fsp3) is 0.636. The molecule has 1 fully saturated rings. The Morgan fingerprint density at radius 3 is 2.93 bits per heavy atom. The summed E-state index contributed by atoms with van der Waals surface area (Å²) in [4.78, 5) is 11.8. The van der Waals surface area contributed by atoms with Crippen molar-refractivity contribution in [3.63, 3.8) is 0 Å². The zero-order valence-corrected chi connectivity index (χ0v) is 8.73. The molecule has 0 aromatic carbocycles. The monoisotopic (exact) mass is 192 g/mol. The molecule has 0 aliphatic heterocycles. The fourth-order valence-electron chi connectivity index (χ4n) is 1.53. The van der Waals surface area contributed by atoms with Crippen LogP contribution in [0.5, 0.6) is 0 Å². The topological polar surface area (TPSA) is 34.9 Å². The summed E-state index contributed by atoms with van der Waals surface area (Å²) in [7, 11) is 0. The number of ketones is 1. The van der Waals surface area contributed by atoms with Crippen LogP contribution in [0.25, 0.3) is 0 Å². The normalized spacial score (nSPS) is 16.2. The molecule has 0 amide bonds. The molecule has 0 unspecified atom stereocenters. The molecule has 0 atom stereocenters. The van der Waals surface area contributed by atoms with E-state index < -0.39 is 0 Å². The number of hydrogen-bond donors (Lipinski definition) is 0. The van der Waals surface area contributed by atoms with Gasteiger partial charge in [-0.05, 0) is 24.8 Å². The van der Waals surface area contributed by atoms with Crippen LogP contribution in [0.4, 0.5) is 0 Å². The van der Waals surface area contributed by atoms with Crippen molar-refractivity contribution in [3.8, 4) is 0 Å². The smallest absolute Gasteiger partial charge is 0.183 e. The van der Waals surface area contributed by atoms with E-state index in [1.54, 1.807) is 6.20 Å². The fourth-order valence-corrected chi connectivity index (χ4v) is 1.53. The van der Waals surface area contributed by atoms with Gasteiger partial charge in [0, 0.05) is 18.7 Å². The first-order chi connectivity index (χ1) is 6.68. The Hall–Kier alpha value is -1.12. The lowest BCUT2D eigenvalue weighted by Crippen LogP contribution is -2.15. The minimum atomic E-state index is 0.0599. The first kappa shape index (κ1) is 9.44. The van der Waals surface area contributed by atoms with Gasteiger partial charge in [-0.25, -0.2) is 0 Å². The quantitative estimate of drug-likeness (QED) is 0.685. The largest absolute Gasteiger partial charge is 0.292 e. The zero-order chi connectivity index (χ0) is 10.1. The van der Waals surface area contributed by atoms with Crippen molar-refractivity contribution in [2.24, 2.45) is 11.8 Å². The number of nitrogens with zero attached hydrogens (tertiary/aromatic N) is 2. The summed E-state index contributed by atoms with van der Waals surface area (Å²) >= 11 is 0. The Morgan fingerprint density at radius 2 is 2.36 bits per heavy atom. The Labute approximate surface area is 84.1 Å². The lowest BCUT2D eigenvalue weighted by atomic mass is 10.1. The summed E-state index contributed by atoms with van der Waals surface area (Å²) in [6.45, 7) is 4.77. The van der Waals surface area contributed by atoms with Crippen molar-refractivity contribution in [1.29, 1.82) is 0 Å². The highest BCUT2D eigenvalue weighted by Crippen LogP contribution is 2.30. The second-order valence-corrected chi connectivity index (χ2v) is 4.36. The second-order valence-electron chi connectivity index (χ2n) is 4.36. The number of Topliss-reactive ketones (excluding diaryl/α,β-unsaturated/α-hetero) is 1. The summed E-state index contributed by atoms with van der Waals surface area (Å²) in [6.07, 6.45) is 4.29. The summed E-state index contributed by atoms with van der Waals surface area (Å²) in [6, 6.07) is 1.82. The Kier molecular flexibility index (Phi) is 2.40. The van der Waals surface area contributed by atoms with Crippen molar-refractivity contribution in [3.05, 3.63) is 18.0 Å². The second kappa shape index (κ2) is 3.56. The van der Waals surface area contributed by atoms with Crippen LogP contribution >= 0.6 is 0 Å². The van der Waals surface area contributed by atoms with E-state index in [0.717, 1.165) is 18.2 Å². The maximum Gasteiger partial charge on any atom is 0.183 e. The Morgan fingerprint density at radius 1 is 1.64 bits per heavy atom. The highest BCUT2D eigenvalue weighted by atomic mass is 16.1. The average Bonchev–Trinajstić information content (AvgIpc) is 2.82. The van der Waals surface area contributed by atoms with Crippen LogP contribution < -0.4 is 0 Å². The van der Waals surface area contributed by atoms with Gasteiger partial charge in [-0.3, -0.25) is 9.48 Å². The molecule has 0 N–H and O–H groups in total. The number of carbonyl (C=O) groups is 1. The van der Waals surface area contributed by atoms with Gasteiger partial charge in [-0.15, -0.1) is 0 Å². The summed E-state index contributed by atoms with van der Waals surface area (Å²) in [5.74, 6) is 1.02. The van der Waals surface area contributed by atoms with Crippen LogP contribution in [0, 0.1) is 11.8 Å². The van der Waals surface area contributed by atoms with Gasteiger partial charge in [0.25, 0.3) is 0 Å². The number of hydrogen-bond acceptors (Lipinski definition) is 2. The highest BCUT2D eigenvalue weighted by molar-refractivity contribution is 5.95. The lowest BCUT2D eigenvalue weighted by Gasteiger charge is -2.07. The van der Waals surface area contributed by atoms with E-state index in [1.807, 2.05) is 24.6 Å². The molecule has 2 rings (SSSR count). The SMILES string of the molecule is CC(C)C(=O)c1ccnn1CC1CC1. The Bertz CT molecular complexity index is 337. The molecule has 1 aromatic rings. The van der Waals surface area contributed by atoms with Crippen LogP contribution in [0.2, 0.25) is 0 Å². The van der Waals surface area contributed by atoms with Gasteiger partial charge in [0.1, 0.15) is 5.69 Å². The molecule has 76 valence electrons. The number of carbonyl (C=O) groups excluding carboxylic acids is 1. The van der Waals surface area contributed by atoms with Gasteiger partial charge in [0.05, 0.1) is 0 Å². The zero-order valence-electron chi connectivity index (χ0n) is 8.73. The van der Waals surface area contributed by atoms with E-state index in [2.05, 4.69) is 5.10 Å². The van der Waals surface area contributed by atoms with Gasteiger partial charge in [-0.2, -0.15) is 5.10 Å². The van der Waals surface area contributed by atoms with Gasteiger partial charge in [0.2, 0.25) is 0 Å². The van der Waals surface area contributed by atoms with Gasteiger partial charge in [0.15, 0.2) is 5.78 Å². The third kappa shape index (κ3) is 1.86. The molecular weight excluding hydrogens is 176 g/mol. The first-order valence-corrected chi connectivity index (χ1v) is 5.24. The molecule has 1 saturated carbocycles. The van der Waals surface area contributed by atoms with Crippen LogP contribution in [0.1, 0.15) is 37.2 Å². The molecule has 0 spiro atoms. The van der Waals surface area contributed by atoms with E-state index >= 15 is 0 Å². The van der Waals surface area contributed by atoms with E-state index in [0.29, 0.717) is 0 Å². The van der Waals surface area contributed by atoms with Crippen molar-refractivity contribution in [2.45, 2.75) is 33.2 Å². The molecule has 1 aliphatic rings. The third-order valence-electron chi connectivity index (χ3n) is 2.62. The molecule has 0 radical (unpaired) electrons.